The van der Waals surface area contributed by atoms with Crippen LogP contribution >= 0.6 is 0 Å². The second-order valence-corrected chi connectivity index (χ2v) is 3.32. The van der Waals surface area contributed by atoms with Crippen LogP contribution in [0.1, 0.15) is 6.92 Å². The number of hydrogen-bond donors (Lipinski definition) is 1. The fraction of sp³-hybridized carbons (Fsp3) is 0.556. The molecule has 0 saturated heterocycles. The summed E-state index contributed by atoms with van der Waals surface area (Å²) in [5.74, 6) is 0.205. The zero-order chi connectivity index (χ0) is 12.8. The molecule has 1 rings (SSSR count). The molecule has 0 amide bonds. The molecule has 0 aliphatic heterocycles. The Morgan fingerprint density at radius 3 is 2.88 bits per heavy atom. The van der Waals surface area contributed by atoms with Gasteiger partial charge in [-0.25, -0.2) is 4.98 Å². The third-order valence-corrected chi connectivity index (χ3v) is 2.10. The molecular weight excluding hydrogens is 226 g/mol. The molecule has 1 aromatic heterocycles. The van der Waals surface area contributed by atoms with Crippen LogP contribution in [-0.2, 0) is 4.74 Å². The highest BCUT2D eigenvalue weighted by molar-refractivity contribution is 5.53. The number of likely N-dealkylation sites (N-methyl/N-ethyl adjacent to an activating group) is 1. The summed E-state index contributed by atoms with van der Waals surface area (Å²) in [7, 11) is 1.76. The normalized spacial score (nSPS) is 10.2. The van der Waals surface area contributed by atoms with Gasteiger partial charge in [0.15, 0.2) is 0 Å². The number of nitrogens with zero attached hydrogens (tertiary/aromatic N) is 4. The second kappa shape index (κ2) is 5.94. The molecular formula is C9H15N5O3. The zero-order valence-electron chi connectivity index (χ0n) is 9.79. The number of nitro groups is 1. The van der Waals surface area contributed by atoms with Gasteiger partial charge in [-0.15, -0.1) is 0 Å². The van der Waals surface area contributed by atoms with Gasteiger partial charge in [-0.3, -0.25) is 10.1 Å². The van der Waals surface area contributed by atoms with Gasteiger partial charge in [0.05, 0.1) is 11.5 Å². The Morgan fingerprint density at radius 2 is 2.35 bits per heavy atom. The van der Waals surface area contributed by atoms with Crippen LogP contribution in [0.2, 0.25) is 0 Å². The minimum Gasteiger partial charge on any atom is -0.380 e. The van der Waals surface area contributed by atoms with Crippen LogP contribution in [0.25, 0.3) is 0 Å². The highest BCUT2D eigenvalue weighted by atomic mass is 16.6. The van der Waals surface area contributed by atoms with E-state index >= 15 is 0 Å². The van der Waals surface area contributed by atoms with E-state index < -0.39 is 4.92 Å². The molecule has 8 heteroatoms. The van der Waals surface area contributed by atoms with E-state index in [1.54, 1.807) is 11.9 Å². The smallest absolute Gasteiger partial charge is 0.329 e. The lowest BCUT2D eigenvalue weighted by Gasteiger charge is -2.16. The summed E-state index contributed by atoms with van der Waals surface area (Å²) in [6.07, 6.45) is 1.11. The SMILES string of the molecule is CCOCCN(C)c1ncc([N+](=O)[O-])c(N)n1. The van der Waals surface area contributed by atoms with E-state index in [2.05, 4.69) is 9.97 Å². The van der Waals surface area contributed by atoms with Crippen LogP contribution in [0.3, 0.4) is 0 Å². The Labute approximate surface area is 98.6 Å². The van der Waals surface area contributed by atoms with E-state index in [0.29, 0.717) is 25.7 Å². The molecule has 2 N–H and O–H groups in total. The lowest BCUT2D eigenvalue weighted by Crippen LogP contribution is -2.25. The van der Waals surface area contributed by atoms with E-state index in [-0.39, 0.29) is 11.5 Å². The van der Waals surface area contributed by atoms with Gasteiger partial charge in [0.1, 0.15) is 6.20 Å². The molecule has 0 fully saturated rings. The third kappa shape index (κ3) is 3.52. The van der Waals surface area contributed by atoms with E-state index in [9.17, 15) is 10.1 Å². The van der Waals surface area contributed by atoms with Gasteiger partial charge in [-0.2, -0.15) is 4.98 Å². The predicted molar refractivity (Wildman–Crippen MR) is 62.9 cm³/mol. The summed E-state index contributed by atoms with van der Waals surface area (Å²) in [5, 5.41) is 10.5. The van der Waals surface area contributed by atoms with Crippen LogP contribution in [0.15, 0.2) is 6.20 Å². The van der Waals surface area contributed by atoms with Crippen LogP contribution < -0.4 is 10.6 Å². The van der Waals surface area contributed by atoms with Crippen molar-refractivity contribution < 1.29 is 9.66 Å². The second-order valence-electron chi connectivity index (χ2n) is 3.32. The molecule has 94 valence electrons. The van der Waals surface area contributed by atoms with Crippen molar-refractivity contribution >= 4 is 17.5 Å². The molecule has 8 nitrogen and oxygen atoms in total. The molecule has 1 heterocycles. The summed E-state index contributed by atoms with van der Waals surface area (Å²) >= 11 is 0. The van der Waals surface area contributed by atoms with Crippen molar-refractivity contribution in [3.05, 3.63) is 16.3 Å². The zero-order valence-corrected chi connectivity index (χ0v) is 9.79. The standard InChI is InChI=1S/C9H15N5O3/c1-3-17-5-4-13(2)9-11-6-7(14(15)16)8(10)12-9/h6H,3-5H2,1-2H3,(H2,10,11,12). The number of rotatable bonds is 6. The van der Waals surface area contributed by atoms with Crippen LogP contribution in [0.4, 0.5) is 17.5 Å². The molecule has 0 unspecified atom stereocenters. The van der Waals surface area contributed by atoms with Crippen LogP contribution in [0.5, 0.6) is 0 Å². The third-order valence-electron chi connectivity index (χ3n) is 2.10. The highest BCUT2D eigenvalue weighted by Crippen LogP contribution is 2.19. The molecule has 0 saturated carbocycles. The van der Waals surface area contributed by atoms with Gasteiger partial charge >= 0.3 is 5.69 Å². The van der Waals surface area contributed by atoms with Gasteiger partial charge in [-0.1, -0.05) is 0 Å². The Kier molecular flexibility index (Phi) is 4.58. The van der Waals surface area contributed by atoms with E-state index in [0.717, 1.165) is 6.20 Å². The average molecular weight is 241 g/mol. The summed E-state index contributed by atoms with van der Waals surface area (Å²) in [5.41, 5.74) is 5.18. The van der Waals surface area contributed by atoms with Crippen molar-refractivity contribution in [1.82, 2.24) is 9.97 Å². The lowest BCUT2D eigenvalue weighted by atomic mass is 10.5. The number of nitrogens with two attached hydrogens (primary N) is 1. The number of ether oxygens (including phenoxy) is 1. The van der Waals surface area contributed by atoms with Crippen molar-refractivity contribution in [2.24, 2.45) is 0 Å². The monoisotopic (exact) mass is 241 g/mol. The van der Waals surface area contributed by atoms with Gasteiger partial charge in [0.2, 0.25) is 11.8 Å². The van der Waals surface area contributed by atoms with Crippen molar-refractivity contribution in [3.8, 4) is 0 Å². The van der Waals surface area contributed by atoms with Crippen molar-refractivity contribution in [1.29, 1.82) is 0 Å². The average Bonchev–Trinajstić information content (AvgIpc) is 2.28. The highest BCUT2D eigenvalue weighted by Gasteiger charge is 2.15. The van der Waals surface area contributed by atoms with Gasteiger partial charge in [0, 0.05) is 20.2 Å². The number of aromatic nitrogens is 2. The van der Waals surface area contributed by atoms with Gasteiger partial charge in [0.25, 0.3) is 0 Å². The first-order valence-electron chi connectivity index (χ1n) is 5.12. The van der Waals surface area contributed by atoms with Crippen molar-refractivity contribution in [2.45, 2.75) is 6.92 Å². The van der Waals surface area contributed by atoms with Crippen LogP contribution in [-0.4, -0.2) is 41.7 Å². The summed E-state index contributed by atoms with van der Waals surface area (Å²) in [4.78, 5) is 19.4. The Hall–Kier alpha value is -1.96. The minimum absolute atomic E-state index is 0.136. The minimum atomic E-state index is -0.612. The van der Waals surface area contributed by atoms with Gasteiger partial charge in [-0.05, 0) is 6.92 Å². The lowest BCUT2D eigenvalue weighted by molar-refractivity contribution is -0.384. The maximum Gasteiger partial charge on any atom is 0.329 e. The Bertz CT molecular complexity index is 398. The number of anilines is 2. The molecule has 0 aromatic carbocycles. The van der Waals surface area contributed by atoms with Crippen molar-refractivity contribution in [3.63, 3.8) is 0 Å². The van der Waals surface area contributed by atoms with E-state index in [1.165, 1.54) is 0 Å². The quantitative estimate of drug-likeness (QED) is 0.437. The largest absolute Gasteiger partial charge is 0.380 e. The summed E-state index contributed by atoms with van der Waals surface area (Å²) in [6, 6.07) is 0. The Balaban J connectivity index is 2.72. The first-order valence-corrected chi connectivity index (χ1v) is 5.12. The predicted octanol–water partition coefficient (Wildman–Crippen LogP) is 0.440. The molecule has 0 radical (unpaired) electrons. The molecule has 0 aliphatic rings. The molecule has 1 aromatic rings. The molecule has 0 atom stereocenters. The number of hydrogen-bond acceptors (Lipinski definition) is 7. The first kappa shape index (κ1) is 13.1. The van der Waals surface area contributed by atoms with Crippen molar-refractivity contribution in [2.75, 3.05) is 37.4 Å². The summed E-state index contributed by atoms with van der Waals surface area (Å²) in [6.45, 7) is 3.66. The molecule has 0 bridgehead atoms. The maximum atomic E-state index is 10.5. The fourth-order valence-corrected chi connectivity index (χ4v) is 1.15. The number of nitrogen functional groups attached to an aromatic ring is 1. The first-order chi connectivity index (χ1) is 8.06. The Morgan fingerprint density at radius 1 is 1.65 bits per heavy atom. The van der Waals surface area contributed by atoms with Gasteiger partial charge < -0.3 is 15.4 Å². The fourth-order valence-electron chi connectivity index (χ4n) is 1.15. The van der Waals surface area contributed by atoms with Crippen LogP contribution in [0, 0.1) is 10.1 Å². The molecule has 0 spiro atoms. The molecule has 0 aliphatic carbocycles. The molecule has 17 heavy (non-hydrogen) atoms. The van der Waals surface area contributed by atoms with E-state index in [4.69, 9.17) is 10.5 Å². The topological polar surface area (TPSA) is 107 Å². The summed E-state index contributed by atoms with van der Waals surface area (Å²) < 4.78 is 5.18. The van der Waals surface area contributed by atoms with E-state index in [1.807, 2.05) is 6.92 Å². The maximum absolute atomic E-state index is 10.5.